The number of benzene rings is 2. The second kappa shape index (κ2) is 7.84. The molecule has 0 aliphatic rings. The van der Waals surface area contributed by atoms with E-state index in [0.29, 0.717) is 16.3 Å². The van der Waals surface area contributed by atoms with Crippen molar-refractivity contribution in [2.75, 3.05) is 0 Å². The van der Waals surface area contributed by atoms with Gasteiger partial charge in [0.15, 0.2) is 0 Å². The van der Waals surface area contributed by atoms with E-state index < -0.39 is 4.92 Å². The molecule has 1 amide bonds. The van der Waals surface area contributed by atoms with Gasteiger partial charge in [-0.25, -0.2) is 0 Å². The molecule has 3 aromatic rings. The molecule has 0 fully saturated rings. The number of non-ortho nitro benzene ring substituents is 1. The van der Waals surface area contributed by atoms with Crippen LogP contribution in [-0.4, -0.2) is 15.7 Å². The molecule has 3 rings (SSSR count). The van der Waals surface area contributed by atoms with Gasteiger partial charge in [-0.15, -0.1) is 0 Å². The highest BCUT2D eigenvalue weighted by molar-refractivity contribution is 6.31. The Labute approximate surface area is 154 Å². The Morgan fingerprint density at radius 3 is 2.38 bits per heavy atom. The molecule has 0 unspecified atom stereocenters. The second-order valence-electron chi connectivity index (χ2n) is 5.64. The van der Waals surface area contributed by atoms with E-state index in [0.717, 1.165) is 5.56 Å². The zero-order valence-electron chi connectivity index (χ0n) is 13.7. The Morgan fingerprint density at radius 2 is 1.77 bits per heavy atom. The molecule has 7 heteroatoms. The third-order valence-corrected chi connectivity index (χ3v) is 4.23. The van der Waals surface area contributed by atoms with Crippen molar-refractivity contribution in [3.05, 3.63) is 99.0 Å². The quantitative estimate of drug-likeness (QED) is 0.466. The normalized spacial score (nSPS) is 10.5. The van der Waals surface area contributed by atoms with Crippen LogP contribution >= 0.6 is 11.6 Å². The van der Waals surface area contributed by atoms with Crippen LogP contribution in [0.1, 0.15) is 21.7 Å². The molecule has 0 aliphatic carbocycles. The van der Waals surface area contributed by atoms with Gasteiger partial charge in [-0.05, 0) is 35.9 Å². The molecule has 2 aromatic carbocycles. The number of amides is 1. The number of rotatable bonds is 6. The average Bonchev–Trinajstić information content (AvgIpc) is 3.15. The molecule has 1 heterocycles. The van der Waals surface area contributed by atoms with Crippen molar-refractivity contribution in [1.82, 2.24) is 4.90 Å². The van der Waals surface area contributed by atoms with E-state index in [9.17, 15) is 14.9 Å². The lowest BCUT2D eigenvalue weighted by Gasteiger charge is -2.22. The van der Waals surface area contributed by atoms with Crippen LogP contribution in [-0.2, 0) is 13.1 Å². The molecular weight excluding hydrogens is 356 g/mol. The summed E-state index contributed by atoms with van der Waals surface area (Å²) in [5.41, 5.74) is 1.09. The van der Waals surface area contributed by atoms with Gasteiger partial charge in [-0.1, -0.05) is 29.8 Å². The maximum atomic E-state index is 12.9. The summed E-state index contributed by atoms with van der Waals surface area (Å²) >= 11 is 6.22. The summed E-state index contributed by atoms with van der Waals surface area (Å²) in [4.78, 5) is 24.8. The number of carbonyl (C=O) groups excluding carboxylic acids is 1. The molecule has 0 atom stereocenters. The van der Waals surface area contributed by atoms with Crippen molar-refractivity contribution in [3.8, 4) is 0 Å². The van der Waals surface area contributed by atoms with Crippen molar-refractivity contribution < 1.29 is 14.1 Å². The Bertz CT molecular complexity index is 908. The van der Waals surface area contributed by atoms with E-state index in [4.69, 9.17) is 16.0 Å². The molecule has 1 aromatic heterocycles. The molecule has 132 valence electrons. The van der Waals surface area contributed by atoms with E-state index in [1.54, 1.807) is 29.4 Å². The van der Waals surface area contributed by atoms with Crippen LogP contribution in [0.5, 0.6) is 0 Å². The van der Waals surface area contributed by atoms with Crippen molar-refractivity contribution in [3.63, 3.8) is 0 Å². The Kier molecular flexibility index (Phi) is 5.34. The standard InChI is InChI=1S/C19H15ClN2O4/c20-18-6-2-1-4-15(18)12-21(13-17-5-3-11-26-17)19(23)14-7-9-16(10-8-14)22(24)25/h1-11H,12-13H2. The van der Waals surface area contributed by atoms with E-state index in [-0.39, 0.29) is 24.7 Å². The first-order valence-corrected chi connectivity index (χ1v) is 8.22. The molecule has 0 N–H and O–H groups in total. The lowest BCUT2D eigenvalue weighted by Crippen LogP contribution is -2.30. The van der Waals surface area contributed by atoms with Gasteiger partial charge in [0.05, 0.1) is 17.7 Å². The second-order valence-corrected chi connectivity index (χ2v) is 6.04. The molecule has 0 bridgehead atoms. The molecular formula is C19H15ClN2O4. The highest BCUT2D eigenvalue weighted by atomic mass is 35.5. The van der Waals surface area contributed by atoms with Crippen LogP contribution in [0.2, 0.25) is 5.02 Å². The van der Waals surface area contributed by atoms with E-state index in [2.05, 4.69) is 0 Å². The molecule has 26 heavy (non-hydrogen) atoms. The van der Waals surface area contributed by atoms with E-state index in [1.807, 2.05) is 18.2 Å². The minimum Gasteiger partial charge on any atom is -0.467 e. The summed E-state index contributed by atoms with van der Waals surface area (Å²) < 4.78 is 5.35. The topological polar surface area (TPSA) is 76.6 Å². The van der Waals surface area contributed by atoms with Crippen LogP contribution in [0.25, 0.3) is 0 Å². The Balaban J connectivity index is 1.87. The van der Waals surface area contributed by atoms with Gasteiger partial charge < -0.3 is 9.32 Å². The molecule has 0 saturated heterocycles. The van der Waals surface area contributed by atoms with Crippen LogP contribution in [0.15, 0.2) is 71.3 Å². The van der Waals surface area contributed by atoms with Gasteiger partial charge >= 0.3 is 0 Å². The fourth-order valence-corrected chi connectivity index (χ4v) is 2.73. The minimum absolute atomic E-state index is 0.0646. The maximum Gasteiger partial charge on any atom is 0.269 e. The van der Waals surface area contributed by atoms with E-state index in [1.165, 1.54) is 24.3 Å². The minimum atomic E-state index is -0.501. The highest BCUT2D eigenvalue weighted by Crippen LogP contribution is 2.21. The predicted octanol–water partition coefficient (Wildman–Crippen LogP) is 4.68. The van der Waals surface area contributed by atoms with Gasteiger partial charge in [-0.3, -0.25) is 14.9 Å². The summed E-state index contributed by atoms with van der Waals surface area (Å²) in [5.74, 6) is 0.364. The third-order valence-electron chi connectivity index (χ3n) is 3.86. The first-order chi connectivity index (χ1) is 12.5. The highest BCUT2D eigenvalue weighted by Gasteiger charge is 2.19. The van der Waals surface area contributed by atoms with Gasteiger partial charge in [0.2, 0.25) is 0 Å². The number of nitrogens with zero attached hydrogens (tertiary/aromatic N) is 2. The molecule has 0 aliphatic heterocycles. The van der Waals surface area contributed by atoms with Crippen LogP contribution in [0.4, 0.5) is 5.69 Å². The summed E-state index contributed by atoms with van der Waals surface area (Å²) in [7, 11) is 0. The number of halogens is 1. The largest absolute Gasteiger partial charge is 0.467 e. The fourth-order valence-electron chi connectivity index (χ4n) is 2.53. The number of carbonyl (C=O) groups is 1. The lowest BCUT2D eigenvalue weighted by atomic mass is 10.1. The van der Waals surface area contributed by atoms with Gasteiger partial charge in [0, 0.05) is 29.3 Å². The summed E-state index contributed by atoms with van der Waals surface area (Å²) in [6.07, 6.45) is 1.54. The van der Waals surface area contributed by atoms with Crippen molar-refractivity contribution in [1.29, 1.82) is 0 Å². The lowest BCUT2D eigenvalue weighted by molar-refractivity contribution is -0.384. The van der Waals surface area contributed by atoms with Crippen LogP contribution in [0, 0.1) is 10.1 Å². The molecule has 6 nitrogen and oxygen atoms in total. The average molecular weight is 371 g/mol. The Morgan fingerprint density at radius 1 is 1.04 bits per heavy atom. The summed E-state index contributed by atoms with van der Waals surface area (Å²) in [5, 5.41) is 11.4. The van der Waals surface area contributed by atoms with Crippen molar-refractivity contribution in [2.24, 2.45) is 0 Å². The smallest absolute Gasteiger partial charge is 0.269 e. The maximum absolute atomic E-state index is 12.9. The van der Waals surface area contributed by atoms with Crippen molar-refractivity contribution in [2.45, 2.75) is 13.1 Å². The zero-order valence-corrected chi connectivity index (χ0v) is 14.4. The van der Waals surface area contributed by atoms with Crippen molar-refractivity contribution >= 4 is 23.2 Å². The zero-order chi connectivity index (χ0) is 18.5. The summed E-state index contributed by atoms with van der Waals surface area (Å²) in [6, 6.07) is 16.3. The third kappa shape index (κ3) is 4.10. The van der Waals surface area contributed by atoms with Gasteiger partial charge in [0.25, 0.3) is 11.6 Å². The number of furan rings is 1. The first kappa shape index (κ1) is 17.7. The monoisotopic (exact) mass is 370 g/mol. The Hall–Kier alpha value is -3.12. The van der Waals surface area contributed by atoms with E-state index >= 15 is 0 Å². The number of hydrogen-bond donors (Lipinski definition) is 0. The molecule has 0 radical (unpaired) electrons. The van der Waals surface area contributed by atoms with Crippen LogP contribution < -0.4 is 0 Å². The first-order valence-electron chi connectivity index (χ1n) is 7.84. The molecule has 0 spiro atoms. The molecule has 0 saturated carbocycles. The predicted molar refractivity (Wildman–Crippen MR) is 96.8 cm³/mol. The number of nitro benzene ring substituents is 1. The SMILES string of the molecule is O=C(c1ccc([N+](=O)[O-])cc1)N(Cc1ccco1)Cc1ccccc1Cl. The van der Waals surface area contributed by atoms with Gasteiger partial charge in [-0.2, -0.15) is 0 Å². The van der Waals surface area contributed by atoms with Crippen LogP contribution in [0.3, 0.4) is 0 Å². The number of nitro groups is 1. The summed E-state index contributed by atoms with van der Waals surface area (Å²) in [6.45, 7) is 0.546. The number of hydrogen-bond acceptors (Lipinski definition) is 4. The van der Waals surface area contributed by atoms with Gasteiger partial charge in [0.1, 0.15) is 5.76 Å². The fraction of sp³-hybridized carbons (Fsp3) is 0.105.